The summed E-state index contributed by atoms with van der Waals surface area (Å²) in [5, 5.41) is 22.8. The summed E-state index contributed by atoms with van der Waals surface area (Å²) in [6, 6.07) is 3.10. The largest absolute Gasteiger partial charge is 0.359 e. The van der Waals surface area contributed by atoms with Crippen molar-refractivity contribution >= 4 is 11.5 Å². The fourth-order valence-electron chi connectivity index (χ4n) is 1.96. The first-order valence-electron chi connectivity index (χ1n) is 5.77. The Bertz CT molecular complexity index is 529. The second-order valence-electron chi connectivity index (χ2n) is 5.08. The standard InChI is InChI=1S/C12H14N4O2/c1-12(2,9-3-4-9)15-11-10(16(17)18)5-8(6-13)7-14-11/h5,7,9H,3-4H2,1-2H3,(H,14,15). The molecule has 0 bridgehead atoms. The number of nitro groups is 1. The highest BCUT2D eigenvalue weighted by atomic mass is 16.6. The summed E-state index contributed by atoms with van der Waals surface area (Å²) in [6.07, 6.45) is 3.60. The van der Waals surface area contributed by atoms with Crippen molar-refractivity contribution in [1.82, 2.24) is 4.98 Å². The summed E-state index contributed by atoms with van der Waals surface area (Å²) < 4.78 is 0. The van der Waals surface area contributed by atoms with Crippen LogP contribution in [0.4, 0.5) is 11.5 Å². The molecule has 0 amide bonds. The van der Waals surface area contributed by atoms with Gasteiger partial charge < -0.3 is 5.32 Å². The van der Waals surface area contributed by atoms with Gasteiger partial charge in [0.1, 0.15) is 6.07 Å². The normalized spacial score (nSPS) is 14.9. The van der Waals surface area contributed by atoms with Crippen LogP contribution in [0, 0.1) is 27.4 Å². The highest BCUT2D eigenvalue weighted by Gasteiger charge is 2.39. The number of hydrogen-bond donors (Lipinski definition) is 1. The van der Waals surface area contributed by atoms with Gasteiger partial charge in [-0.05, 0) is 32.6 Å². The van der Waals surface area contributed by atoms with Crippen molar-refractivity contribution in [1.29, 1.82) is 5.26 Å². The van der Waals surface area contributed by atoms with Crippen LogP contribution < -0.4 is 5.32 Å². The first-order valence-corrected chi connectivity index (χ1v) is 5.77. The summed E-state index contributed by atoms with van der Waals surface area (Å²) >= 11 is 0. The van der Waals surface area contributed by atoms with Gasteiger partial charge in [-0.2, -0.15) is 5.26 Å². The van der Waals surface area contributed by atoms with E-state index in [9.17, 15) is 10.1 Å². The summed E-state index contributed by atoms with van der Waals surface area (Å²) in [7, 11) is 0. The van der Waals surface area contributed by atoms with Gasteiger partial charge in [-0.3, -0.25) is 10.1 Å². The number of anilines is 1. The third-order valence-corrected chi connectivity index (χ3v) is 3.23. The maximum atomic E-state index is 11.0. The maximum absolute atomic E-state index is 11.0. The fraction of sp³-hybridized carbons (Fsp3) is 0.500. The first kappa shape index (κ1) is 12.3. The van der Waals surface area contributed by atoms with E-state index in [0.717, 1.165) is 12.8 Å². The van der Waals surface area contributed by atoms with E-state index in [2.05, 4.69) is 10.3 Å². The number of nitrogens with one attached hydrogen (secondary N) is 1. The van der Waals surface area contributed by atoms with Crippen LogP contribution in [-0.4, -0.2) is 15.4 Å². The Morgan fingerprint density at radius 3 is 2.78 bits per heavy atom. The quantitative estimate of drug-likeness (QED) is 0.650. The van der Waals surface area contributed by atoms with Crippen molar-refractivity contribution < 1.29 is 4.92 Å². The molecule has 1 aromatic rings. The molecule has 1 aromatic heterocycles. The zero-order valence-electron chi connectivity index (χ0n) is 10.3. The molecular formula is C12H14N4O2. The molecule has 6 heteroatoms. The van der Waals surface area contributed by atoms with E-state index in [1.54, 1.807) is 0 Å². The zero-order valence-corrected chi connectivity index (χ0v) is 10.3. The van der Waals surface area contributed by atoms with Gasteiger partial charge in [0.25, 0.3) is 0 Å². The molecule has 1 aliphatic rings. The van der Waals surface area contributed by atoms with Crippen LogP contribution in [-0.2, 0) is 0 Å². The SMILES string of the molecule is CC(C)(Nc1ncc(C#N)cc1[N+](=O)[O-])C1CC1. The molecule has 0 spiro atoms. The molecule has 6 nitrogen and oxygen atoms in total. The second kappa shape index (κ2) is 4.26. The Hall–Kier alpha value is -2.16. The highest BCUT2D eigenvalue weighted by molar-refractivity contribution is 5.59. The van der Waals surface area contributed by atoms with Crippen LogP contribution in [0.3, 0.4) is 0 Å². The molecule has 1 saturated carbocycles. The first-order chi connectivity index (χ1) is 8.44. The van der Waals surface area contributed by atoms with Gasteiger partial charge in [0.05, 0.1) is 10.5 Å². The predicted octanol–water partition coefficient (Wildman–Crippen LogP) is 2.46. The Morgan fingerprint density at radius 2 is 2.28 bits per heavy atom. The predicted molar refractivity (Wildman–Crippen MR) is 66.0 cm³/mol. The van der Waals surface area contributed by atoms with E-state index < -0.39 is 4.92 Å². The number of hydrogen-bond acceptors (Lipinski definition) is 5. The lowest BCUT2D eigenvalue weighted by Crippen LogP contribution is -2.34. The summed E-state index contributed by atoms with van der Waals surface area (Å²) in [5.74, 6) is 0.755. The van der Waals surface area contributed by atoms with Gasteiger partial charge in [-0.15, -0.1) is 0 Å². The molecule has 1 heterocycles. The summed E-state index contributed by atoms with van der Waals surface area (Å²) in [4.78, 5) is 14.5. The lowest BCUT2D eigenvalue weighted by Gasteiger charge is -2.26. The van der Waals surface area contributed by atoms with E-state index >= 15 is 0 Å². The van der Waals surface area contributed by atoms with Crippen LogP contribution >= 0.6 is 0 Å². The van der Waals surface area contributed by atoms with Crippen molar-refractivity contribution in [3.63, 3.8) is 0 Å². The minimum Gasteiger partial charge on any atom is -0.359 e. The van der Waals surface area contributed by atoms with Gasteiger partial charge in [0, 0.05) is 17.8 Å². The molecule has 0 radical (unpaired) electrons. The lowest BCUT2D eigenvalue weighted by atomic mass is 9.99. The topological polar surface area (TPSA) is 91.8 Å². The van der Waals surface area contributed by atoms with Crippen molar-refractivity contribution in [3.05, 3.63) is 27.9 Å². The van der Waals surface area contributed by atoms with Gasteiger partial charge in [0.2, 0.25) is 5.82 Å². The van der Waals surface area contributed by atoms with Crippen LogP contribution in [0.15, 0.2) is 12.3 Å². The minimum absolute atomic E-state index is 0.150. The van der Waals surface area contributed by atoms with Crippen LogP contribution in [0.2, 0.25) is 0 Å². The number of rotatable bonds is 4. The molecule has 1 fully saturated rings. The van der Waals surface area contributed by atoms with Crippen LogP contribution in [0.25, 0.3) is 0 Å². The Balaban J connectivity index is 2.32. The monoisotopic (exact) mass is 246 g/mol. The fourth-order valence-corrected chi connectivity index (χ4v) is 1.96. The van der Waals surface area contributed by atoms with E-state index in [-0.39, 0.29) is 22.6 Å². The molecular weight excluding hydrogens is 232 g/mol. The highest BCUT2D eigenvalue weighted by Crippen LogP contribution is 2.41. The van der Waals surface area contributed by atoms with Crippen molar-refractivity contribution in [3.8, 4) is 6.07 Å². The average molecular weight is 246 g/mol. The van der Waals surface area contributed by atoms with Gasteiger partial charge in [-0.1, -0.05) is 0 Å². The molecule has 2 rings (SSSR count). The van der Waals surface area contributed by atoms with Crippen LogP contribution in [0.1, 0.15) is 32.3 Å². The van der Waals surface area contributed by atoms with E-state index in [1.165, 1.54) is 12.3 Å². The minimum atomic E-state index is -0.515. The molecule has 0 saturated heterocycles. The molecule has 0 aromatic carbocycles. The second-order valence-corrected chi connectivity index (χ2v) is 5.08. The van der Waals surface area contributed by atoms with E-state index in [1.807, 2.05) is 19.9 Å². The number of nitriles is 1. The zero-order chi connectivity index (χ0) is 13.3. The number of aromatic nitrogens is 1. The van der Waals surface area contributed by atoms with E-state index in [0.29, 0.717) is 5.92 Å². The molecule has 1 N–H and O–H groups in total. The maximum Gasteiger partial charge on any atom is 0.312 e. The van der Waals surface area contributed by atoms with Crippen LogP contribution in [0.5, 0.6) is 0 Å². The van der Waals surface area contributed by atoms with Crippen molar-refractivity contribution in [2.24, 2.45) is 5.92 Å². The Labute approximate surface area is 105 Å². The third kappa shape index (κ3) is 2.40. The van der Waals surface area contributed by atoms with Gasteiger partial charge in [0.15, 0.2) is 0 Å². The summed E-state index contributed by atoms with van der Waals surface area (Å²) in [6.45, 7) is 4.02. The van der Waals surface area contributed by atoms with E-state index in [4.69, 9.17) is 5.26 Å². The number of nitrogens with zero attached hydrogens (tertiary/aromatic N) is 3. The van der Waals surface area contributed by atoms with Crippen molar-refractivity contribution in [2.45, 2.75) is 32.2 Å². The molecule has 0 aliphatic heterocycles. The van der Waals surface area contributed by atoms with Gasteiger partial charge in [-0.25, -0.2) is 4.98 Å². The molecule has 0 atom stereocenters. The number of pyridine rings is 1. The smallest absolute Gasteiger partial charge is 0.312 e. The Kier molecular flexibility index (Phi) is 2.91. The van der Waals surface area contributed by atoms with Crippen molar-refractivity contribution in [2.75, 3.05) is 5.32 Å². The van der Waals surface area contributed by atoms with Gasteiger partial charge >= 0.3 is 5.69 Å². The summed E-state index contributed by atoms with van der Waals surface area (Å²) in [5.41, 5.74) is -0.175. The molecule has 0 unspecified atom stereocenters. The third-order valence-electron chi connectivity index (χ3n) is 3.23. The molecule has 1 aliphatic carbocycles. The Morgan fingerprint density at radius 1 is 1.61 bits per heavy atom. The average Bonchev–Trinajstić information content (AvgIpc) is 3.12. The molecule has 18 heavy (non-hydrogen) atoms. The lowest BCUT2D eigenvalue weighted by molar-refractivity contribution is -0.384. The molecule has 94 valence electrons.